The smallest absolute Gasteiger partial charge is 0.308 e. The van der Waals surface area contributed by atoms with Gasteiger partial charge in [0.1, 0.15) is 0 Å². The second-order valence-electron chi connectivity index (χ2n) is 5.00. The van der Waals surface area contributed by atoms with Crippen LogP contribution in [0.5, 0.6) is 0 Å². The normalized spacial score (nSPS) is 21.8. The molecule has 1 fully saturated rings. The zero-order chi connectivity index (χ0) is 14.5. The number of benzene rings is 1. The maximum absolute atomic E-state index is 12.1. The third kappa shape index (κ3) is 3.15. The number of carboxylic acid groups (broad SMARTS) is 1. The summed E-state index contributed by atoms with van der Waals surface area (Å²) in [5.41, 5.74) is 0.932. The van der Waals surface area contributed by atoms with E-state index in [1.807, 2.05) is 6.07 Å². The predicted octanol–water partition coefficient (Wildman–Crippen LogP) is 1.93. The quantitative estimate of drug-likeness (QED) is 0.879. The minimum Gasteiger partial charge on any atom is -0.481 e. The Balaban J connectivity index is 2.05. The molecule has 5 nitrogen and oxygen atoms in total. The first kappa shape index (κ1) is 14.1. The lowest BCUT2D eigenvalue weighted by atomic mass is 9.84. The molecule has 1 amide bonds. The van der Waals surface area contributed by atoms with E-state index in [1.54, 1.807) is 24.3 Å². The summed E-state index contributed by atoms with van der Waals surface area (Å²) in [4.78, 5) is 23.3. The molecule has 0 unspecified atom stereocenters. The number of amides is 1. The van der Waals surface area contributed by atoms with Gasteiger partial charge in [0.15, 0.2) is 0 Å². The van der Waals surface area contributed by atoms with Gasteiger partial charge in [0.25, 0.3) is 5.91 Å². The molecule has 0 spiro atoms. The van der Waals surface area contributed by atoms with E-state index < -0.39 is 11.9 Å². The molecule has 0 saturated heterocycles. The molecule has 0 radical (unpaired) electrons. The minimum absolute atomic E-state index is 0.285. The van der Waals surface area contributed by atoms with E-state index in [9.17, 15) is 14.7 Å². The molecule has 0 heterocycles. The van der Waals surface area contributed by atoms with Crippen LogP contribution in [0.1, 0.15) is 41.6 Å². The first-order valence-electron chi connectivity index (χ1n) is 6.65. The summed E-state index contributed by atoms with van der Waals surface area (Å²) < 4.78 is 0. The molecule has 2 rings (SSSR count). The largest absolute Gasteiger partial charge is 0.481 e. The number of aliphatic carboxylic acids is 1. The highest BCUT2D eigenvalue weighted by Crippen LogP contribution is 2.25. The molecule has 20 heavy (non-hydrogen) atoms. The van der Waals surface area contributed by atoms with Crippen molar-refractivity contribution in [1.29, 1.82) is 5.26 Å². The number of hydrogen-bond donors (Lipinski definition) is 2. The molecule has 1 aliphatic carbocycles. The second-order valence-corrected chi connectivity index (χ2v) is 5.00. The molecule has 0 bridgehead atoms. The van der Waals surface area contributed by atoms with Crippen LogP contribution in [0.4, 0.5) is 0 Å². The van der Waals surface area contributed by atoms with E-state index in [2.05, 4.69) is 5.32 Å². The van der Waals surface area contributed by atoms with E-state index in [-0.39, 0.29) is 11.9 Å². The van der Waals surface area contributed by atoms with Gasteiger partial charge in [0.2, 0.25) is 0 Å². The fourth-order valence-corrected chi connectivity index (χ4v) is 2.55. The van der Waals surface area contributed by atoms with Gasteiger partial charge < -0.3 is 10.4 Å². The molecular formula is C15H16N2O3. The van der Waals surface area contributed by atoms with Crippen LogP contribution in [0.3, 0.4) is 0 Å². The van der Waals surface area contributed by atoms with E-state index in [0.29, 0.717) is 24.0 Å². The van der Waals surface area contributed by atoms with Crippen LogP contribution < -0.4 is 5.32 Å². The van der Waals surface area contributed by atoms with Crippen LogP contribution in [0.15, 0.2) is 24.3 Å². The maximum Gasteiger partial charge on any atom is 0.308 e. The standard InChI is InChI=1S/C15H16N2O3/c16-9-10-5-7-11(8-6-10)14(18)17-13-4-2-1-3-12(13)15(19)20/h5-8,12-13H,1-4H2,(H,17,18)(H,19,20)/t12-,13-/m1/s1. The number of carboxylic acids is 1. The number of carbonyl (C=O) groups excluding carboxylic acids is 1. The highest BCUT2D eigenvalue weighted by Gasteiger charge is 2.31. The van der Waals surface area contributed by atoms with Gasteiger partial charge >= 0.3 is 5.97 Å². The maximum atomic E-state index is 12.1. The summed E-state index contributed by atoms with van der Waals surface area (Å²) in [6, 6.07) is 7.97. The van der Waals surface area contributed by atoms with Crippen LogP contribution in [-0.4, -0.2) is 23.0 Å². The Hall–Kier alpha value is -2.35. The van der Waals surface area contributed by atoms with Crippen molar-refractivity contribution in [3.05, 3.63) is 35.4 Å². The van der Waals surface area contributed by atoms with Crippen LogP contribution in [0.2, 0.25) is 0 Å². The van der Waals surface area contributed by atoms with Crippen molar-refractivity contribution in [2.45, 2.75) is 31.7 Å². The van der Waals surface area contributed by atoms with E-state index in [1.165, 1.54) is 0 Å². The molecule has 2 N–H and O–H groups in total. The number of hydrogen-bond acceptors (Lipinski definition) is 3. The van der Waals surface area contributed by atoms with E-state index in [0.717, 1.165) is 12.8 Å². The fourth-order valence-electron chi connectivity index (χ4n) is 2.55. The number of nitrogens with one attached hydrogen (secondary N) is 1. The van der Waals surface area contributed by atoms with Crippen molar-refractivity contribution >= 4 is 11.9 Å². The summed E-state index contributed by atoms with van der Waals surface area (Å²) in [6.45, 7) is 0. The van der Waals surface area contributed by atoms with Gasteiger partial charge in [0, 0.05) is 11.6 Å². The third-order valence-electron chi connectivity index (χ3n) is 3.68. The Morgan fingerprint density at radius 2 is 1.85 bits per heavy atom. The molecule has 0 aliphatic heterocycles. The number of carbonyl (C=O) groups is 2. The van der Waals surface area contributed by atoms with Crippen molar-refractivity contribution < 1.29 is 14.7 Å². The lowest BCUT2D eigenvalue weighted by Gasteiger charge is -2.29. The first-order chi connectivity index (χ1) is 9.61. The van der Waals surface area contributed by atoms with Crippen molar-refractivity contribution in [3.8, 4) is 6.07 Å². The molecule has 2 atom stereocenters. The van der Waals surface area contributed by atoms with Gasteiger partial charge in [-0.1, -0.05) is 12.8 Å². The molecule has 104 valence electrons. The molecule has 0 aromatic heterocycles. The summed E-state index contributed by atoms with van der Waals surface area (Å²) >= 11 is 0. The van der Waals surface area contributed by atoms with Crippen molar-refractivity contribution in [2.24, 2.45) is 5.92 Å². The summed E-state index contributed by atoms with van der Waals surface area (Å²) in [7, 11) is 0. The predicted molar refractivity (Wildman–Crippen MR) is 72.0 cm³/mol. The van der Waals surface area contributed by atoms with Crippen LogP contribution in [0.25, 0.3) is 0 Å². The van der Waals surface area contributed by atoms with E-state index >= 15 is 0 Å². The van der Waals surface area contributed by atoms with Gasteiger partial charge in [-0.05, 0) is 37.1 Å². The monoisotopic (exact) mass is 272 g/mol. The Kier molecular flexibility index (Phi) is 4.36. The average molecular weight is 272 g/mol. The van der Waals surface area contributed by atoms with Crippen LogP contribution in [0, 0.1) is 17.2 Å². The number of nitrogens with zero attached hydrogens (tertiary/aromatic N) is 1. The average Bonchev–Trinajstić information content (AvgIpc) is 2.47. The second kappa shape index (κ2) is 6.20. The van der Waals surface area contributed by atoms with Gasteiger partial charge in [-0.15, -0.1) is 0 Å². The summed E-state index contributed by atoms with van der Waals surface area (Å²) in [5.74, 6) is -1.64. The Bertz CT molecular complexity index is 545. The van der Waals surface area contributed by atoms with Crippen LogP contribution in [-0.2, 0) is 4.79 Å². The van der Waals surface area contributed by atoms with Gasteiger partial charge in [-0.2, -0.15) is 5.26 Å². The Morgan fingerprint density at radius 3 is 2.45 bits per heavy atom. The molecule has 1 saturated carbocycles. The number of rotatable bonds is 3. The minimum atomic E-state index is -0.852. The first-order valence-corrected chi connectivity index (χ1v) is 6.65. The highest BCUT2D eigenvalue weighted by molar-refractivity contribution is 5.94. The Labute approximate surface area is 117 Å². The lowest BCUT2D eigenvalue weighted by molar-refractivity contribution is -0.143. The topological polar surface area (TPSA) is 90.2 Å². The molecule has 5 heteroatoms. The third-order valence-corrected chi connectivity index (χ3v) is 3.68. The fraction of sp³-hybridized carbons (Fsp3) is 0.400. The van der Waals surface area contributed by atoms with Crippen molar-refractivity contribution in [3.63, 3.8) is 0 Å². The van der Waals surface area contributed by atoms with E-state index in [4.69, 9.17) is 5.26 Å². The van der Waals surface area contributed by atoms with Gasteiger partial charge in [-0.25, -0.2) is 0 Å². The highest BCUT2D eigenvalue weighted by atomic mass is 16.4. The van der Waals surface area contributed by atoms with Crippen LogP contribution >= 0.6 is 0 Å². The van der Waals surface area contributed by atoms with Gasteiger partial charge in [0.05, 0.1) is 17.6 Å². The molecule has 1 aromatic rings. The lowest BCUT2D eigenvalue weighted by Crippen LogP contribution is -2.45. The zero-order valence-electron chi connectivity index (χ0n) is 11.0. The zero-order valence-corrected chi connectivity index (χ0v) is 11.0. The Morgan fingerprint density at radius 1 is 1.20 bits per heavy atom. The van der Waals surface area contributed by atoms with Crippen molar-refractivity contribution in [2.75, 3.05) is 0 Å². The van der Waals surface area contributed by atoms with Crippen molar-refractivity contribution in [1.82, 2.24) is 5.32 Å². The molecule has 1 aromatic carbocycles. The SMILES string of the molecule is N#Cc1ccc(C(=O)N[C@@H]2CCCC[C@H]2C(=O)O)cc1. The van der Waals surface area contributed by atoms with Gasteiger partial charge in [-0.3, -0.25) is 9.59 Å². The molecule has 1 aliphatic rings. The number of nitriles is 1. The summed E-state index contributed by atoms with van der Waals surface area (Å²) in [6.07, 6.45) is 3.12. The summed E-state index contributed by atoms with van der Waals surface area (Å²) in [5, 5.41) is 20.7. The molecular weight excluding hydrogens is 256 g/mol.